The minimum Gasteiger partial charge on any atom is -0.353 e. The summed E-state index contributed by atoms with van der Waals surface area (Å²) in [5.41, 5.74) is 4.32. The van der Waals surface area contributed by atoms with Crippen molar-refractivity contribution in [2.45, 2.75) is 97.1 Å². The van der Waals surface area contributed by atoms with Crippen LogP contribution in [0.15, 0.2) is 24.5 Å². The van der Waals surface area contributed by atoms with Gasteiger partial charge in [0.15, 0.2) is 11.6 Å². The molecular weight excluding hydrogens is 621 g/mol. The van der Waals surface area contributed by atoms with E-state index in [9.17, 15) is 28.0 Å². The molecule has 3 aliphatic carbocycles. The van der Waals surface area contributed by atoms with Crippen molar-refractivity contribution in [3.8, 4) is 6.07 Å². The molecule has 1 aromatic carbocycles. The molecule has 2 bridgehead atoms. The molecule has 10 nitrogen and oxygen atoms in total. The third-order valence-electron chi connectivity index (χ3n) is 11.0. The third kappa shape index (κ3) is 6.27. The number of nitrogens with zero attached hydrogens (tertiary/aromatic N) is 6. The lowest BCUT2D eigenvalue weighted by Gasteiger charge is -2.71. The highest BCUT2D eigenvalue weighted by Gasteiger charge is 2.67. The SMILES string of the molecule is CCC(=O)NC12CC(CCn3c(C#N)cc4c(C)c(CN(CC)C5CN(c6c(NC(=O)CC(F)(F)F)ncn6C)CC5C)ccc43)(C1)C2. The first kappa shape index (κ1) is 33.8. The van der Waals surface area contributed by atoms with Crippen molar-refractivity contribution < 1.29 is 22.8 Å². The minimum atomic E-state index is -4.59. The molecule has 7 rings (SSSR count). The molecular formula is C35H45F3N8O2. The van der Waals surface area contributed by atoms with Crippen LogP contribution in [0.1, 0.15) is 76.1 Å². The molecule has 1 saturated heterocycles. The minimum absolute atomic E-state index is 0.000949. The van der Waals surface area contributed by atoms with E-state index in [1.165, 1.54) is 11.9 Å². The number of hydrogen-bond acceptors (Lipinski definition) is 6. The zero-order chi connectivity index (χ0) is 34.6. The van der Waals surface area contributed by atoms with Crippen molar-refractivity contribution in [2.75, 3.05) is 29.9 Å². The van der Waals surface area contributed by atoms with Crippen LogP contribution in [0, 0.1) is 29.6 Å². The van der Waals surface area contributed by atoms with Gasteiger partial charge < -0.3 is 24.7 Å². The Balaban J connectivity index is 1.14. The van der Waals surface area contributed by atoms with Crippen LogP contribution < -0.4 is 15.5 Å². The van der Waals surface area contributed by atoms with E-state index in [2.05, 4.69) is 69.0 Å². The normalized spacial score (nSPS) is 24.8. The summed E-state index contributed by atoms with van der Waals surface area (Å²) in [6, 6.07) is 8.88. The second-order valence-electron chi connectivity index (χ2n) is 14.4. The van der Waals surface area contributed by atoms with Gasteiger partial charge in [0.05, 0.1) is 6.33 Å². The molecule has 0 spiro atoms. The molecule has 2 amide bonds. The van der Waals surface area contributed by atoms with E-state index in [0.717, 1.165) is 55.2 Å². The van der Waals surface area contributed by atoms with Gasteiger partial charge in [0.25, 0.3) is 0 Å². The summed E-state index contributed by atoms with van der Waals surface area (Å²) >= 11 is 0. The van der Waals surface area contributed by atoms with Crippen molar-refractivity contribution in [3.63, 3.8) is 0 Å². The fourth-order valence-electron chi connectivity index (χ4n) is 8.68. The molecule has 3 heterocycles. The standard InChI is InChI=1S/C35H45F3N8O2/c1-6-29(47)42-34-18-33(19-34,20-34)10-11-46-25(14-39)12-26-23(4)24(8-9-27(26)46)16-44(7-2)28-17-45(15-22(28)3)32-31(40-21-43(32)5)41-30(48)13-35(36,37)38/h8-9,12,21-22,28H,6-7,10-11,13,15-20H2,1-5H3,(H,41,48)(H,42,47). The van der Waals surface area contributed by atoms with Crippen LogP contribution in [-0.2, 0) is 29.7 Å². The summed E-state index contributed by atoms with van der Waals surface area (Å²) in [6.07, 6.45) is -0.0852. The molecule has 4 fully saturated rings. The third-order valence-corrected chi connectivity index (χ3v) is 11.0. The van der Waals surface area contributed by atoms with Crippen molar-refractivity contribution in [1.82, 2.24) is 24.3 Å². The Morgan fingerprint density at radius 3 is 2.54 bits per heavy atom. The summed E-state index contributed by atoms with van der Waals surface area (Å²) in [5, 5.41) is 16.7. The molecule has 0 radical (unpaired) electrons. The van der Waals surface area contributed by atoms with Crippen LogP contribution >= 0.6 is 0 Å². The summed E-state index contributed by atoms with van der Waals surface area (Å²) in [6.45, 7) is 11.9. The number of amides is 2. The van der Waals surface area contributed by atoms with Gasteiger partial charge in [-0.1, -0.05) is 26.8 Å². The fraction of sp³-hybridized carbons (Fsp3) is 0.600. The van der Waals surface area contributed by atoms with Crippen molar-refractivity contribution in [1.29, 1.82) is 5.26 Å². The van der Waals surface area contributed by atoms with E-state index in [-0.39, 0.29) is 34.6 Å². The lowest BCUT2D eigenvalue weighted by molar-refractivity contribution is -0.169. The topological polar surface area (TPSA) is 111 Å². The number of nitrogens with one attached hydrogen (secondary N) is 2. The quantitative estimate of drug-likeness (QED) is 0.259. The van der Waals surface area contributed by atoms with Gasteiger partial charge in [-0.2, -0.15) is 18.4 Å². The maximum atomic E-state index is 12.8. The van der Waals surface area contributed by atoms with E-state index < -0.39 is 18.5 Å². The molecule has 2 atom stereocenters. The van der Waals surface area contributed by atoms with E-state index in [4.69, 9.17) is 0 Å². The average Bonchev–Trinajstić information content (AvgIpc) is 3.66. The Morgan fingerprint density at radius 1 is 1.17 bits per heavy atom. The van der Waals surface area contributed by atoms with Crippen LogP contribution in [0.5, 0.6) is 0 Å². The first-order valence-corrected chi connectivity index (χ1v) is 16.9. The number of carbonyl (C=O) groups excluding carboxylic acids is 2. The summed E-state index contributed by atoms with van der Waals surface area (Å²) in [5.74, 6) is -0.0293. The van der Waals surface area contributed by atoms with Gasteiger partial charge >= 0.3 is 6.18 Å². The summed E-state index contributed by atoms with van der Waals surface area (Å²) in [4.78, 5) is 32.7. The predicted molar refractivity (Wildman–Crippen MR) is 177 cm³/mol. The number of benzene rings is 1. The van der Waals surface area contributed by atoms with Crippen LogP contribution in [0.4, 0.5) is 24.8 Å². The van der Waals surface area contributed by atoms with Gasteiger partial charge in [-0.15, -0.1) is 0 Å². The lowest BCUT2D eigenvalue weighted by Crippen LogP contribution is -2.74. The highest BCUT2D eigenvalue weighted by atomic mass is 19.4. The van der Waals surface area contributed by atoms with Gasteiger partial charge in [-0.25, -0.2) is 4.98 Å². The smallest absolute Gasteiger partial charge is 0.353 e. The van der Waals surface area contributed by atoms with Crippen LogP contribution in [-0.4, -0.2) is 68.2 Å². The van der Waals surface area contributed by atoms with Gasteiger partial charge in [0, 0.05) is 62.1 Å². The molecule has 2 unspecified atom stereocenters. The number of fused-ring (bicyclic) bond motifs is 1. The maximum absolute atomic E-state index is 12.8. The van der Waals surface area contributed by atoms with Gasteiger partial charge in [0.2, 0.25) is 11.8 Å². The molecule has 1 aliphatic heterocycles. The number of alkyl halides is 3. The Kier molecular flexibility index (Phi) is 8.77. The number of nitriles is 1. The number of anilines is 2. The number of aryl methyl sites for hydroxylation is 3. The molecule has 2 aromatic heterocycles. The van der Waals surface area contributed by atoms with Crippen molar-refractivity contribution >= 4 is 34.4 Å². The zero-order valence-corrected chi connectivity index (χ0v) is 28.4. The monoisotopic (exact) mass is 666 g/mol. The number of aromatic nitrogens is 3. The van der Waals surface area contributed by atoms with Crippen molar-refractivity contribution in [2.24, 2.45) is 18.4 Å². The lowest BCUT2D eigenvalue weighted by atomic mass is 9.38. The molecule has 13 heteroatoms. The van der Waals surface area contributed by atoms with E-state index in [1.807, 2.05) is 13.0 Å². The first-order valence-electron chi connectivity index (χ1n) is 16.9. The summed E-state index contributed by atoms with van der Waals surface area (Å²) in [7, 11) is 1.77. The zero-order valence-electron chi connectivity index (χ0n) is 28.4. The number of likely N-dealkylation sites (N-methyl/N-ethyl adjacent to an activating group) is 1. The summed E-state index contributed by atoms with van der Waals surface area (Å²) < 4.78 is 42.3. The molecule has 3 aromatic rings. The Labute approximate surface area is 279 Å². The number of hydrogen-bond donors (Lipinski definition) is 2. The number of imidazole rings is 1. The maximum Gasteiger partial charge on any atom is 0.397 e. The average molecular weight is 667 g/mol. The van der Waals surface area contributed by atoms with Gasteiger partial charge in [0.1, 0.15) is 18.2 Å². The fourth-order valence-corrected chi connectivity index (χ4v) is 8.68. The highest BCUT2D eigenvalue weighted by Crippen LogP contribution is 2.69. The Bertz CT molecular complexity index is 1750. The molecule has 2 N–H and O–H groups in total. The second-order valence-corrected chi connectivity index (χ2v) is 14.4. The number of halogens is 3. The van der Waals surface area contributed by atoms with Gasteiger partial charge in [-0.3, -0.25) is 14.5 Å². The highest BCUT2D eigenvalue weighted by molar-refractivity contribution is 5.93. The predicted octanol–water partition coefficient (Wildman–Crippen LogP) is 5.63. The van der Waals surface area contributed by atoms with E-state index >= 15 is 0 Å². The van der Waals surface area contributed by atoms with Crippen LogP contribution in [0.25, 0.3) is 10.9 Å². The first-order chi connectivity index (χ1) is 22.7. The molecule has 258 valence electrons. The molecule has 48 heavy (non-hydrogen) atoms. The Morgan fingerprint density at radius 2 is 1.90 bits per heavy atom. The Hall–Kier alpha value is -4.05. The second kappa shape index (κ2) is 12.4. The number of carbonyl (C=O) groups is 2. The molecule has 4 aliphatic rings. The van der Waals surface area contributed by atoms with E-state index in [1.54, 1.807) is 11.6 Å². The van der Waals surface area contributed by atoms with E-state index in [0.29, 0.717) is 37.6 Å². The van der Waals surface area contributed by atoms with Crippen LogP contribution in [0.3, 0.4) is 0 Å². The largest absolute Gasteiger partial charge is 0.397 e. The number of rotatable bonds is 12. The molecule has 3 saturated carbocycles. The van der Waals surface area contributed by atoms with Crippen LogP contribution in [0.2, 0.25) is 0 Å². The van der Waals surface area contributed by atoms with Crippen molar-refractivity contribution in [3.05, 3.63) is 41.3 Å². The van der Waals surface area contributed by atoms with Gasteiger partial charge in [-0.05, 0) is 73.7 Å².